The van der Waals surface area contributed by atoms with Crippen LogP contribution in [-0.4, -0.2) is 9.66 Å². The Bertz CT molecular complexity index is 579. The summed E-state index contributed by atoms with van der Waals surface area (Å²) in [6.07, 6.45) is 5.11. The van der Waals surface area contributed by atoms with Crippen LogP contribution in [0.15, 0.2) is 41.2 Å². The Kier molecular flexibility index (Phi) is 2.49. The Morgan fingerprint density at radius 2 is 2.12 bits per heavy atom. The molecule has 17 heavy (non-hydrogen) atoms. The lowest BCUT2D eigenvalue weighted by molar-refractivity contribution is 0.566. The smallest absolute Gasteiger partial charge is 0.116 e. The van der Waals surface area contributed by atoms with Crippen LogP contribution in [0.3, 0.4) is 0 Å². The molecule has 1 aromatic heterocycles. The average molecular weight is 268 g/mol. The van der Waals surface area contributed by atoms with E-state index in [0.29, 0.717) is 22.3 Å². The van der Waals surface area contributed by atoms with Gasteiger partial charge in [-0.25, -0.2) is 9.66 Å². The maximum Gasteiger partial charge on any atom is 0.116 e. The predicted octanol–water partition coefficient (Wildman–Crippen LogP) is 3.34. The molecule has 1 aliphatic heterocycles. The minimum absolute atomic E-state index is 0.533. The molecule has 2 aromatic rings. The van der Waals surface area contributed by atoms with E-state index in [1.807, 2.05) is 0 Å². The Morgan fingerprint density at radius 1 is 1.24 bits per heavy atom. The molecular weight excluding hydrogens is 261 g/mol. The van der Waals surface area contributed by atoms with Crippen LogP contribution in [0.2, 0.25) is 10.0 Å². The van der Waals surface area contributed by atoms with Crippen molar-refractivity contribution in [2.75, 3.05) is 5.12 Å². The molecule has 3 rings (SSSR count). The van der Waals surface area contributed by atoms with Crippen LogP contribution < -0.4 is 5.12 Å². The summed E-state index contributed by atoms with van der Waals surface area (Å²) in [6.45, 7) is 0.533. The molecule has 0 bridgehead atoms. The third-order valence-electron chi connectivity index (χ3n) is 2.45. The second kappa shape index (κ2) is 4.01. The fourth-order valence-electron chi connectivity index (χ4n) is 1.62. The molecule has 0 radical (unpaired) electrons. The van der Waals surface area contributed by atoms with Crippen LogP contribution >= 0.6 is 23.2 Å². The SMILES string of the molecule is Clc1cc(Cl)c2c(c1)N=NN(n1ccnc1)C2. The van der Waals surface area contributed by atoms with E-state index in [9.17, 15) is 0 Å². The standard InChI is InChI=1S/C10H7Cl2N5/c11-7-3-9(12)8-5-17(15-14-10(8)4-7)16-2-1-13-6-16/h1-4,6H,5H2. The van der Waals surface area contributed by atoms with Crippen LogP contribution in [0.25, 0.3) is 0 Å². The van der Waals surface area contributed by atoms with E-state index in [0.717, 1.165) is 5.56 Å². The van der Waals surface area contributed by atoms with Crippen molar-refractivity contribution in [3.05, 3.63) is 46.5 Å². The molecule has 0 saturated heterocycles. The minimum atomic E-state index is 0.533. The predicted molar refractivity (Wildman–Crippen MR) is 65.1 cm³/mol. The van der Waals surface area contributed by atoms with E-state index in [4.69, 9.17) is 23.2 Å². The summed E-state index contributed by atoms with van der Waals surface area (Å²) < 4.78 is 1.73. The van der Waals surface area contributed by atoms with Crippen molar-refractivity contribution >= 4 is 28.9 Å². The first-order valence-corrected chi connectivity index (χ1v) is 5.65. The molecule has 5 nitrogen and oxygen atoms in total. The van der Waals surface area contributed by atoms with Gasteiger partial charge >= 0.3 is 0 Å². The van der Waals surface area contributed by atoms with Crippen molar-refractivity contribution in [1.29, 1.82) is 0 Å². The third-order valence-corrected chi connectivity index (χ3v) is 3.00. The Morgan fingerprint density at radius 3 is 2.88 bits per heavy atom. The van der Waals surface area contributed by atoms with Crippen molar-refractivity contribution < 1.29 is 0 Å². The topological polar surface area (TPSA) is 45.8 Å². The Labute approximate surface area is 107 Å². The van der Waals surface area contributed by atoms with Crippen LogP contribution in [-0.2, 0) is 6.54 Å². The average Bonchev–Trinajstić information content (AvgIpc) is 2.82. The molecule has 0 atom stereocenters. The number of nitrogens with zero attached hydrogens (tertiary/aromatic N) is 5. The summed E-state index contributed by atoms with van der Waals surface area (Å²) in [6, 6.07) is 3.45. The van der Waals surface area contributed by atoms with Gasteiger partial charge in [-0.2, -0.15) is 5.12 Å². The monoisotopic (exact) mass is 267 g/mol. The van der Waals surface area contributed by atoms with Gasteiger partial charge in [0.15, 0.2) is 0 Å². The summed E-state index contributed by atoms with van der Waals surface area (Å²) in [4.78, 5) is 3.96. The van der Waals surface area contributed by atoms with Gasteiger partial charge in [0.2, 0.25) is 0 Å². The van der Waals surface area contributed by atoms with E-state index in [1.54, 1.807) is 40.6 Å². The molecule has 1 aromatic carbocycles. The Hall–Kier alpha value is -1.59. The molecule has 0 fully saturated rings. The number of hydrogen-bond acceptors (Lipinski definition) is 4. The number of fused-ring (bicyclic) bond motifs is 1. The largest absolute Gasteiger partial charge is 0.243 e. The molecule has 2 heterocycles. The van der Waals surface area contributed by atoms with Crippen LogP contribution in [0.5, 0.6) is 0 Å². The maximum atomic E-state index is 6.14. The van der Waals surface area contributed by atoms with Gasteiger partial charge in [-0.05, 0) is 17.4 Å². The van der Waals surface area contributed by atoms with E-state index >= 15 is 0 Å². The zero-order chi connectivity index (χ0) is 11.8. The number of rotatable bonds is 1. The zero-order valence-electron chi connectivity index (χ0n) is 8.59. The van der Waals surface area contributed by atoms with Gasteiger partial charge in [0.1, 0.15) is 6.33 Å². The van der Waals surface area contributed by atoms with E-state index in [-0.39, 0.29) is 0 Å². The first-order chi connectivity index (χ1) is 8.24. The molecule has 86 valence electrons. The number of hydrogen-bond donors (Lipinski definition) is 0. The number of aromatic nitrogens is 2. The molecule has 7 heteroatoms. The highest BCUT2D eigenvalue weighted by Crippen LogP contribution is 2.34. The number of imidazole rings is 1. The third kappa shape index (κ3) is 1.87. The molecular formula is C10H7Cl2N5. The van der Waals surface area contributed by atoms with Crippen molar-refractivity contribution in [2.24, 2.45) is 10.3 Å². The lowest BCUT2D eigenvalue weighted by Gasteiger charge is -2.23. The molecule has 0 amide bonds. The number of halogens is 2. The quantitative estimate of drug-likeness (QED) is 0.796. The van der Waals surface area contributed by atoms with Crippen LogP contribution in [0.1, 0.15) is 5.56 Å². The summed E-state index contributed by atoms with van der Waals surface area (Å²) >= 11 is 12.0. The van der Waals surface area contributed by atoms with Crippen LogP contribution in [0.4, 0.5) is 5.69 Å². The fourth-order valence-corrected chi connectivity index (χ4v) is 2.17. The van der Waals surface area contributed by atoms with Crippen molar-refractivity contribution in [2.45, 2.75) is 6.54 Å². The molecule has 0 saturated carbocycles. The highest BCUT2D eigenvalue weighted by molar-refractivity contribution is 6.35. The minimum Gasteiger partial charge on any atom is -0.243 e. The van der Waals surface area contributed by atoms with Gasteiger partial charge in [0.25, 0.3) is 0 Å². The van der Waals surface area contributed by atoms with Gasteiger partial charge in [0.05, 0.1) is 12.2 Å². The Balaban J connectivity index is 2.01. The zero-order valence-corrected chi connectivity index (χ0v) is 10.1. The van der Waals surface area contributed by atoms with Gasteiger partial charge < -0.3 is 0 Å². The van der Waals surface area contributed by atoms with E-state index < -0.39 is 0 Å². The normalized spacial score (nSPS) is 13.9. The van der Waals surface area contributed by atoms with Gasteiger partial charge in [0, 0.05) is 28.0 Å². The molecule has 0 aliphatic carbocycles. The summed E-state index contributed by atoms with van der Waals surface area (Å²) in [5, 5.41) is 11.0. The molecule has 0 spiro atoms. The number of benzene rings is 1. The van der Waals surface area contributed by atoms with Crippen LogP contribution in [0, 0.1) is 0 Å². The molecule has 1 aliphatic rings. The van der Waals surface area contributed by atoms with Crippen molar-refractivity contribution in [3.8, 4) is 0 Å². The van der Waals surface area contributed by atoms with Crippen molar-refractivity contribution in [1.82, 2.24) is 9.66 Å². The summed E-state index contributed by atoms with van der Waals surface area (Å²) in [5.41, 5.74) is 1.61. The lowest BCUT2D eigenvalue weighted by Crippen LogP contribution is -2.28. The lowest BCUT2D eigenvalue weighted by atomic mass is 10.2. The maximum absolute atomic E-state index is 6.14. The van der Waals surface area contributed by atoms with E-state index in [1.165, 1.54) is 0 Å². The van der Waals surface area contributed by atoms with E-state index in [2.05, 4.69) is 15.3 Å². The van der Waals surface area contributed by atoms with Gasteiger partial charge in [-0.15, -0.1) is 5.11 Å². The van der Waals surface area contributed by atoms with Gasteiger partial charge in [-0.1, -0.05) is 23.2 Å². The first kappa shape index (κ1) is 10.6. The van der Waals surface area contributed by atoms with Gasteiger partial charge in [-0.3, -0.25) is 0 Å². The highest BCUT2D eigenvalue weighted by atomic mass is 35.5. The molecule has 0 unspecified atom stereocenters. The fraction of sp³-hybridized carbons (Fsp3) is 0.100. The highest BCUT2D eigenvalue weighted by Gasteiger charge is 2.18. The second-order valence-electron chi connectivity index (χ2n) is 3.55. The molecule has 0 N–H and O–H groups in total. The second-order valence-corrected chi connectivity index (χ2v) is 4.39. The van der Waals surface area contributed by atoms with Crippen molar-refractivity contribution in [3.63, 3.8) is 0 Å². The summed E-state index contributed by atoms with van der Waals surface area (Å²) in [7, 11) is 0. The summed E-state index contributed by atoms with van der Waals surface area (Å²) in [5.74, 6) is 0. The first-order valence-electron chi connectivity index (χ1n) is 4.89.